The summed E-state index contributed by atoms with van der Waals surface area (Å²) in [5.41, 5.74) is 1.68. The van der Waals surface area contributed by atoms with Crippen molar-refractivity contribution in [2.75, 3.05) is 12.4 Å². The van der Waals surface area contributed by atoms with Crippen LogP contribution in [-0.2, 0) is 0 Å². The Labute approximate surface area is 107 Å². The number of halogens is 2. The number of benzene rings is 1. The highest BCUT2D eigenvalue weighted by molar-refractivity contribution is 7.99. The van der Waals surface area contributed by atoms with Crippen LogP contribution in [0.1, 0.15) is 6.42 Å². The number of aromatic amines is 1. The van der Waals surface area contributed by atoms with E-state index in [0.717, 1.165) is 28.4 Å². The predicted molar refractivity (Wildman–Crippen MR) is 68.5 cm³/mol. The Balaban J connectivity index is 2.23. The summed E-state index contributed by atoms with van der Waals surface area (Å²) in [7, 11) is 0. The third kappa shape index (κ3) is 2.63. The van der Waals surface area contributed by atoms with E-state index < -0.39 is 0 Å². The van der Waals surface area contributed by atoms with Crippen LogP contribution >= 0.6 is 35.0 Å². The molecule has 0 radical (unpaired) electrons. The monoisotopic (exact) mass is 276 g/mol. The van der Waals surface area contributed by atoms with E-state index in [1.807, 2.05) is 0 Å². The van der Waals surface area contributed by atoms with Crippen molar-refractivity contribution in [3.05, 3.63) is 22.2 Å². The maximum absolute atomic E-state index is 8.68. The van der Waals surface area contributed by atoms with Gasteiger partial charge in [0.15, 0.2) is 5.16 Å². The SMILES string of the molecule is OCCCSc1nc2cc(Cl)c(Cl)cc2[nH]1. The lowest BCUT2D eigenvalue weighted by Gasteiger charge is -1.93. The van der Waals surface area contributed by atoms with Gasteiger partial charge in [-0.3, -0.25) is 0 Å². The minimum atomic E-state index is 0.199. The fraction of sp³-hybridized carbons (Fsp3) is 0.300. The van der Waals surface area contributed by atoms with E-state index >= 15 is 0 Å². The topological polar surface area (TPSA) is 48.9 Å². The number of aromatic nitrogens is 2. The van der Waals surface area contributed by atoms with Gasteiger partial charge in [0.1, 0.15) is 0 Å². The first-order valence-electron chi connectivity index (χ1n) is 4.79. The Bertz CT molecular complexity index is 462. The van der Waals surface area contributed by atoms with E-state index in [1.165, 1.54) is 0 Å². The normalized spacial score (nSPS) is 11.2. The number of hydrogen-bond donors (Lipinski definition) is 2. The summed E-state index contributed by atoms with van der Waals surface area (Å²) in [4.78, 5) is 7.52. The first kappa shape index (κ1) is 12.0. The molecule has 1 heterocycles. The van der Waals surface area contributed by atoms with Gasteiger partial charge in [-0.05, 0) is 18.6 Å². The minimum absolute atomic E-state index is 0.199. The van der Waals surface area contributed by atoms with Crippen molar-refractivity contribution in [1.29, 1.82) is 0 Å². The molecule has 0 atom stereocenters. The van der Waals surface area contributed by atoms with Crippen LogP contribution in [0.2, 0.25) is 10.0 Å². The van der Waals surface area contributed by atoms with Crippen molar-refractivity contribution in [3.8, 4) is 0 Å². The van der Waals surface area contributed by atoms with E-state index in [0.29, 0.717) is 10.0 Å². The molecule has 0 aliphatic rings. The van der Waals surface area contributed by atoms with Gasteiger partial charge in [0.2, 0.25) is 0 Å². The van der Waals surface area contributed by atoms with Crippen LogP contribution in [0.25, 0.3) is 11.0 Å². The van der Waals surface area contributed by atoms with Crippen LogP contribution in [0.4, 0.5) is 0 Å². The molecule has 3 nitrogen and oxygen atoms in total. The lowest BCUT2D eigenvalue weighted by molar-refractivity contribution is 0.296. The number of nitrogens with one attached hydrogen (secondary N) is 1. The summed E-state index contributed by atoms with van der Waals surface area (Å²) in [5, 5.41) is 10.5. The van der Waals surface area contributed by atoms with Gasteiger partial charge in [-0.25, -0.2) is 4.98 Å². The summed E-state index contributed by atoms with van der Waals surface area (Å²) in [6.45, 7) is 0.199. The molecule has 0 aliphatic carbocycles. The van der Waals surface area contributed by atoms with Crippen molar-refractivity contribution in [2.24, 2.45) is 0 Å². The Kier molecular flexibility index (Phi) is 3.97. The minimum Gasteiger partial charge on any atom is -0.396 e. The lowest BCUT2D eigenvalue weighted by atomic mass is 10.3. The number of thioether (sulfide) groups is 1. The van der Waals surface area contributed by atoms with Crippen LogP contribution in [0.5, 0.6) is 0 Å². The fourth-order valence-corrected chi connectivity index (χ4v) is 2.42. The summed E-state index contributed by atoms with van der Waals surface area (Å²) in [6, 6.07) is 3.51. The zero-order chi connectivity index (χ0) is 11.5. The highest BCUT2D eigenvalue weighted by Crippen LogP contribution is 2.28. The van der Waals surface area contributed by atoms with Gasteiger partial charge < -0.3 is 10.1 Å². The Morgan fingerprint density at radius 3 is 2.81 bits per heavy atom. The van der Waals surface area contributed by atoms with E-state index in [2.05, 4.69) is 9.97 Å². The number of rotatable bonds is 4. The fourth-order valence-electron chi connectivity index (χ4n) is 1.28. The van der Waals surface area contributed by atoms with Crippen LogP contribution in [0.15, 0.2) is 17.3 Å². The number of fused-ring (bicyclic) bond motifs is 1. The van der Waals surface area contributed by atoms with Crippen molar-refractivity contribution in [3.63, 3.8) is 0 Å². The van der Waals surface area contributed by atoms with Crippen molar-refractivity contribution >= 4 is 46.0 Å². The van der Waals surface area contributed by atoms with Gasteiger partial charge >= 0.3 is 0 Å². The number of H-pyrrole nitrogens is 1. The van der Waals surface area contributed by atoms with E-state index in [4.69, 9.17) is 28.3 Å². The smallest absolute Gasteiger partial charge is 0.166 e. The molecule has 0 aliphatic heterocycles. The molecule has 0 spiro atoms. The molecular weight excluding hydrogens is 267 g/mol. The molecule has 2 N–H and O–H groups in total. The number of aliphatic hydroxyl groups is 1. The zero-order valence-electron chi connectivity index (χ0n) is 8.33. The Morgan fingerprint density at radius 1 is 1.31 bits per heavy atom. The third-order valence-corrected chi connectivity index (χ3v) is 3.73. The molecule has 0 saturated heterocycles. The molecule has 16 heavy (non-hydrogen) atoms. The molecule has 0 saturated carbocycles. The largest absolute Gasteiger partial charge is 0.396 e. The van der Waals surface area contributed by atoms with Gasteiger partial charge in [0.05, 0.1) is 21.1 Å². The molecule has 0 unspecified atom stereocenters. The highest BCUT2D eigenvalue weighted by Gasteiger charge is 2.06. The van der Waals surface area contributed by atoms with Crippen LogP contribution in [0.3, 0.4) is 0 Å². The molecule has 0 bridgehead atoms. The zero-order valence-corrected chi connectivity index (χ0v) is 10.7. The number of imidazole rings is 1. The van der Waals surface area contributed by atoms with Gasteiger partial charge in [-0.15, -0.1) is 0 Å². The van der Waals surface area contributed by atoms with Gasteiger partial charge in [0.25, 0.3) is 0 Å². The molecule has 2 rings (SSSR count). The maximum atomic E-state index is 8.68. The van der Waals surface area contributed by atoms with Crippen LogP contribution in [-0.4, -0.2) is 27.4 Å². The molecule has 1 aromatic heterocycles. The Morgan fingerprint density at radius 2 is 2.06 bits per heavy atom. The molecular formula is C10H10Cl2N2OS. The molecule has 6 heteroatoms. The lowest BCUT2D eigenvalue weighted by Crippen LogP contribution is -1.85. The van der Waals surface area contributed by atoms with E-state index in [-0.39, 0.29) is 6.61 Å². The Hall–Kier alpha value is -0.420. The van der Waals surface area contributed by atoms with Crippen molar-refractivity contribution < 1.29 is 5.11 Å². The first-order chi connectivity index (χ1) is 7.70. The maximum Gasteiger partial charge on any atom is 0.166 e. The number of hydrogen-bond acceptors (Lipinski definition) is 3. The molecule has 0 fully saturated rings. The third-order valence-electron chi connectivity index (χ3n) is 2.04. The second kappa shape index (κ2) is 5.27. The summed E-state index contributed by atoms with van der Waals surface area (Å²) in [6.07, 6.45) is 0.753. The second-order valence-electron chi connectivity index (χ2n) is 3.25. The molecule has 86 valence electrons. The summed E-state index contributed by atoms with van der Waals surface area (Å²) < 4.78 is 0. The number of aliphatic hydroxyl groups excluding tert-OH is 1. The van der Waals surface area contributed by atoms with Crippen molar-refractivity contribution in [2.45, 2.75) is 11.6 Å². The van der Waals surface area contributed by atoms with Gasteiger partial charge in [0, 0.05) is 12.4 Å². The van der Waals surface area contributed by atoms with Crippen LogP contribution < -0.4 is 0 Å². The number of nitrogens with zero attached hydrogens (tertiary/aromatic N) is 1. The molecule has 1 aromatic carbocycles. The second-order valence-corrected chi connectivity index (χ2v) is 5.15. The van der Waals surface area contributed by atoms with E-state index in [9.17, 15) is 0 Å². The summed E-state index contributed by atoms with van der Waals surface area (Å²) in [5.74, 6) is 0.831. The van der Waals surface area contributed by atoms with Gasteiger partial charge in [-0.1, -0.05) is 35.0 Å². The summed E-state index contributed by atoms with van der Waals surface area (Å²) >= 11 is 13.4. The first-order valence-corrected chi connectivity index (χ1v) is 6.53. The standard InChI is InChI=1S/C10H10Cl2N2OS/c11-6-4-8-9(5-7(6)12)14-10(13-8)16-3-1-2-15/h4-5,15H,1-3H2,(H,13,14). The van der Waals surface area contributed by atoms with Gasteiger partial charge in [-0.2, -0.15) is 0 Å². The van der Waals surface area contributed by atoms with Crippen molar-refractivity contribution in [1.82, 2.24) is 9.97 Å². The molecule has 0 amide bonds. The van der Waals surface area contributed by atoms with Crippen LogP contribution in [0, 0.1) is 0 Å². The highest BCUT2D eigenvalue weighted by atomic mass is 35.5. The average Bonchev–Trinajstić information content (AvgIpc) is 2.61. The predicted octanol–water partition coefficient (Wildman–Crippen LogP) is 3.34. The molecule has 2 aromatic rings. The quantitative estimate of drug-likeness (QED) is 0.665. The average molecular weight is 277 g/mol. The van der Waals surface area contributed by atoms with E-state index in [1.54, 1.807) is 23.9 Å².